The van der Waals surface area contributed by atoms with Crippen molar-refractivity contribution < 1.29 is 22.4 Å². The van der Waals surface area contributed by atoms with Crippen LogP contribution >= 0.6 is 0 Å². The molecule has 0 aliphatic carbocycles. The van der Waals surface area contributed by atoms with Crippen molar-refractivity contribution in [3.8, 4) is 0 Å². The number of carbonyl (C=O) groups excluding carboxylic acids is 1. The molecule has 0 bridgehead atoms. The van der Waals surface area contributed by atoms with Gasteiger partial charge in [0.25, 0.3) is 0 Å². The first kappa shape index (κ1) is 19.9. The summed E-state index contributed by atoms with van der Waals surface area (Å²) in [6.45, 7) is 3.55. The van der Waals surface area contributed by atoms with Crippen LogP contribution in [0.5, 0.6) is 0 Å². The van der Waals surface area contributed by atoms with Crippen LogP contribution in [-0.4, -0.2) is 23.9 Å². The van der Waals surface area contributed by atoms with Gasteiger partial charge in [0.05, 0.1) is 11.6 Å². The number of alkyl halides is 3. The van der Waals surface area contributed by atoms with Gasteiger partial charge in [0.2, 0.25) is 5.91 Å². The van der Waals surface area contributed by atoms with Crippen molar-refractivity contribution in [1.29, 1.82) is 0 Å². The van der Waals surface area contributed by atoms with Crippen molar-refractivity contribution >= 4 is 11.6 Å². The molecule has 2 aromatic rings. The molecule has 1 atom stereocenters. The minimum atomic E-state index is -4.41. The van der Waals surface area contributed by atoms with E-state index in [-0.39, 0.29) is 12.5 Å². The summed E-state index contributed by atoms with van der Waals surface area (Å²) in [5, 5.41) is 2.65. The van der Waals surface area contributed by atoms with Crippen LogP contribution in [0.2, 0.25) is 0 Å². The van der Waals surface area contributed by atoms with Crippen molar-refractivity contribution in [3.05, 3.63) is 65.0 Å². The molecule has 0 fully saturated rings. The summed E-state index contributed by atoms with van der Waals surface area (Å²) in [5.74, 6) is -0.830. The van der Waals surface area contributed by atoms with Gasteiger partial charge < -0.3 is 5.32 Å². The Hall–Kier alpha value is -2.41. The molecule has 0 aromatic heterocycles. The monoisotopic (exact) mass is 368 g/mol. The highest BCUT2D eigenvalue weighted by molar-refractivity contribution is 5.95. The molecular formula is C19H20F4N2O. The standard InChI is InChI=1S/C19H20F4N2O/c1-12-7-8-16(20)10-17(12)24-18(26)13(2)25(3)11-14-5-4-6-15(9-14)19(21,22)23/h4-10,13H,11H2,1-3H3,(H,24,26). The Labute approximate surface area is 149 Å². The predicted molar refractivity (Wildman–Crippen MR) is 92.1 cm³/mol. The average Bonchev–Trinajstić information content (AvgIpc) is 2.56. The molecule has 7 heteroatoms. The number of nitrogens with one attached hydrogen (secondary N) is 1. The lowest BCUT2D eigenvalue weighted by molar-refractivity contribution is -0.137. The number of nitrogens with zero attached hydrogens (tertiary/aromatic N) is 1. The molecule has 0 saturated carbocycles. The zero-order valence-corrected chi connectivity index (χ0v) is 14.7. The highest BCUT2D eigenvalue weighted by Gasteiger charge is 2.30. The van der Waals surface area contributed by atoms with Gasteiger partial charge in [-0.3, -0.25) is 9.69 Å². The lowest BCUT2D eigenvalue weighted by Gasteiger charge is -2.24. The SMILES string of the molecule is Cc1ccc(F)cc1NC(=O)C(C)N(C)Cc1cccc(C(F)(F)F)c1. The number of anilines is 1. The van der Waals surface area contributed by atoms with Crippen LogP contribution in [0.15, 0.2) is 42.5 Å². The lowest BCUT2D eigenvalue weighted by atomic mass is 10.1. The van der Waals surface area contributed by atoms with E-state index in [9.17, 15) is 22.4 Å². The van der Waals surface area contributed by atoms with Gasteiger partial charge in [0, 0.05) is 12.2 Å². The number of likely N-dealkylation sites (N-methyl/N-ethyl adjacent to an activating group) is 1. The Morgan fingerprint density at radius 2 is 1.88 bits per heavy atom. The van der Waals surface area contributed by atoms with Crippen LogP contribution in [0.1, 0.15) is 23.6 Å². The Morgan fingerprint density at radius 3 is 2.54 bits per heavy atom. The van der Waals surface area contributed by atoms with Crippen LogP contribution < -0.4 is 5.32 Å². The van der Waals surface area contributed by atoms with Gasteiger partial charge >= 0.3 is 6.18 Å². The molecular weight excluding hydrogens is 348 g/mol. The minimum Gasteiger partial charge on any atom is -0.324 e. The van der Waals surface area contributed by atoms with Gasteiger partial charge in [-0.05, 0) is 50.2 Å². The second-order valence-electron chi connectivity index (χ2n) is 6.24. The molecule has 0 heterocycles. The first-order chi connectivity index (χ1) is 12.1. The van der Waals surface area contributed by atoms with Gasteiger partial charge in [0.15, 0.2) is 0 Å². The van der Waals surface area contributed by atoms with Crippen molar-refractivity contribution in [2.75, 3.05) is 12.4 Å². The Bertz CT molecular complexity index is 789. The molecule has 0 aliphatic heterocycles. The summed E-state index contributed by atoms with van der Waals surface area (Å²) in [6, 6.07) is 8.46. The zero-order chi connectivity index (χ0) is 19.5. The number of hydrogen-bond acceptors (Lipinski definition) is 2. The minimum absolute atomic E-state index is 0.167. The largest absolute Gasteiger partial charge is 0.416 e. The van der Waals surface area contributed by atoms with Gasteiger partial charge in [-0.15, -0.1) is 0 Å². The van der Waals surface area contributed by atoms with E-state index in [0.29, 0.717) is 16.8 Å². The fourth-order valence-electron chi connectivity index (χ4n) is 2.44. The van der Waals surface area contributed by atoms with Gasteiger partial charge in [-0.2, -0.15) is 13.2 Å². The summed E-state index contributed by atoms with van der Waals surface area (Å²) in [4.78, 5) is 14.0. The Kier molecular flexibility index (Phi) is 6.02. The average molecular weight is 368 g/mol. The van der Waals surface area contributed by atoms with Gasteiger partial charge in [0.1, 0.15) is 5.82 Å². The third kappa shape index (κ3) is 5.05. The number of aryl methyl sites for hydroxylation is 1. The van der Waals surface area contributed by atoms with Crippen LogP contribution in [0.4, 0.5) is 23.2 Å². The maximum absolute atomic E-state index is 13.3. The number of benzene rings is 2. The lowest BCUT2D eigenvalue weighted by Crippen LogP contribution is -2.39. The van der Waals surface area contributed by atoms with E-state index in [1.807, 2.05) is 0 Å². The van der Waals surface area contributed by atoms with Crippen molar-refractivity contribution in [1.82, 2.24) is 4.90 Å². The maximum atomic E-state index is 13.3. The summed E-state index contributed by atoms with van der Waals surface area (Å²) < 4.78 is 51.7. The van der Waals surface area contributed by atoms with Crippen LogP contribution in [0.3, 0.4) is 0 Å². The number of hydrogen-bond donors (Lipinski definition) is 1. The van der Waals surface area contributed by atoms with Crippen LogP contribution in [0, 0.1) is 12.7 Å². The van der Waals surface area contributed by atoms with Gasteiger partial charge in [-0.25, -0.2) is 4.39 Å². The second-order valence-corrected chi connectivity index (χ2v) is 6.24. The van der Waals surface area contributed by atoms with E-state index in [1.165, 1.54) is 18.2 Å². The molecule has 1 amide bonds. The van der Waals surface area contributed by atoms with Crippen molar-refractivity contribution in [3.63, 3.8) is 0 Å². The van der Waals surface area contributed by atoms with Crippen molar-refractivity contribution in [2.45, 2.75) is 32.6 Å². The topological polar surface area (TPSA) is 32.3 Å². The Balaban J connectivity index is 2.06. The van der Waals surface area contributed by atoms with E-state index in [0.717, 1.165) is 12.1 Å². The Morgan fingerprint density at radius 1 is 1.19 bits per heavy atom. The molecule has 0 radical (unpaired) electrons. The summed E-state index contributed by atoms with van der Waals surface area (Å²) >= 11 is 0. The highest BCUT2D eigenvalue weighted by Crippen LogP contribution is 2.29. The van der Waals surface area contributed by atoms with E-state index >= 15 is 0 Å². The third-order valence-electron chi connectivity index (χ3n) is 4.18. The maximum Gasteiger partial charge on any atom is 0.416 e. The molecule has 0 saturated heterocycles. The number of carbonyl (C=O) groups is 1. The normalized spacial score (nSPS) is 12.9. The molecule has 140 valence electrons. The molecule has 0 aliphatic rings. The molecule has 26 heavy (non-hydrogen) atoms. The summed E-state index contributed by atoms with van der Waals surface area (Å²) in [5.41, 5.74) is 0.807. The number of rotatable bonds is 5. The van der Waals surface area contributed by atoms with E-state index in [1.54, 1.807) is 37.9 Å². The molecule has 1 unspecified atom stereocenters. The van der Waals surface area contributed by atoms with Crippen LogP contribution in [0.25, 0.3) is 0 Å². The van der Waals surface area contributed by atoms with E-state index < -0.39 is 23.6 Å². The zero-order valence-electron chi connectivity index (χ0n) is 14.7. The van der Waals surface area contributed by atoms with Crippen LogP contribution in [-0.2, 0) is 17.5 Å². The first-order valence-electron chi connectivity index (χ1n) is 8.01. The number of amides is 1. The second kappa shape index (κ2) is 7.86. The molecule has 2 rings (SSSR count). The van der Waals surface area contributed by atoms with E-state index in [2.05, 4.69) is 5.32 Å². The summed E-state index contributed by atoms with van der Waals surface area (Å²) in [7, 11) is 1.64. The molecule has 2 aromatic carbocycles. The first-order valence-corrected chi connectivity index (χ1v) is 8.01. The predicted octanol–water partition coefficient (Wildman–Crippen LogP) is 4.61. The van der Waals surface area contributed by atoms with E-state index in [4.69, 9.17) is 0 Å². The van der Waals surface area contributed by atoms with Gasteiger partial charge in [-0.1, -0.05) is 24.3 Å². The third-order valence-corrected chi connectivity index (χ3v) is 4.18. The molecule has 0 spiro atoms. The number of halogens is 4. The highest BCUT2D eigenvalue weighted by atomic mass is 19.4. The summed E-state index contributed by atoms with van der Waals surface area (Å²) in [6.07, 6.45) is -4.41. The fraction of sp³-hybridized carbons (Fsp3) is 0.316. The quantitative estimate of drug-likeness (QED) is 0.782. The molecule has 3 nitrogen and oxygen atoms in total. The van der Waals surface area contributed by atoms with Crippen molar-refractivity contribution in [2.24, 2.45) is 0 Å². The smallest absolute Gasteiger partial charge is 0.324 e. The molecule has 1 N–H and O–H groups in total. The fourth-order valence-corrected chi connectivity index (χ4v) is 2.44.